The molecule has 0 bridgehead atoms. The van der Waals surface area contributed by atoms with Crippen molar-refractivity contribution >= 4 is 0 Å². The third kappa shape index (κ3) is 3.60. The first-order valence-electron chi connectivity index (χ1n) is 4.21. The Hall–Kier alpha value is 0.462. The average Bonchev–Trinajstić information content (AvgIpc) is 1.92. The van der Waals surface area contributed by atoms with E-state index in [1.165, 1.54) is 5.56 Å². The van der Waals surface area contributed by atoms with Crippen LogP contribution >= 0.6 is 0 Å². The van der Waals surface area contributed by atoms with Crippen molar-refractivity contribution in [2.75, 3.05) is 0 Å². The van der Waals surface area contributed by atoms with Gasteiger partial charge in [0.2, 0.25) is 0 Å². The van der Waals surface area contributed by atoms with Crippen molar-refractivity contribution in [1.82, 2.24) is 0 Å². The maximum Gasteiger partial charge on any atom is 0.118 e. The molecule has 0 unspecified atom stereocenters. The Balaban J connectivity index is 0.00000144. The Labute approximate surface area is 116 Å². The van der Waals surface area contributed by atoms with Crippen LogP contribution < -0.4 is 0 Å². The SMILES string of the molecule is Cc1cc(C(C)(C)C)ccc1O.[Ac]. The minimum absolute atomic E-state index is 0. The summed E-state index contributed by atoms with van der Waals surface area (Å²) in [5, 5.41) is 9.31. The fraction of sp³-hybridized carbons (Fsp3) is 0.455. The number of benzene rings is 1. The molecule has 69 valence electrons. The van der Waals surface area contributed by atoms with Crippen LogP contribution in [0.2, 0.25) is 0 Å². The number of rotatable bonds is 0. The van der Waals surface area contributed by atoms with E-state index in [0.29, 0.717) is 5.75 Å². The molecule has 2 heteroatoms. The van der Waals surface area contributed by atoms with E-state index in [0.717, 1.165) is 5.56 Å². The van der Waals surface area contributed by atoms with Crippen LogP contribution in [0.5, 0.6) is 5.75 Å². The van der Waals surface area contributed by atoms with Crippen LogP contribution in [0.25, 0.3) is 0 Å². The summed E-state index contributed by atoms with van der Waals surface area (Å²) in [7, 11) is 0. The minimum Gasteiger partial charge on any atom is -0.508 e. The van der Waals surface area contributed by atoms with Crippen LogP contribution in [0.1, 0.15) is 31.9 Å². The van der Waals surface area contributed by atoms with Crippen molar-refractivity contribution in [2.45, 2.75) is 33.1 Å². The van der Waals surface area contributed by atoms with Crippen molar-refractivity contribution in [1.29, 1.82) is 0 Å². The summed E-state index contributed by atoms with van der Waals surface area (Å²) < 4.78 is 0. The maximum absolute atomic E-state index is 9.31. The van der Waals surface area contributed by atoms with Gasteiger partial charge in [0.1, 0.15) is 5.75 Å². The molecule has 0 spiro atoms. The minimum atomic E-state index is 0. The fourth-order valence-electron chi connectivity index (χ4n) is 1.12. The molecule has 0 heterocycles. The molecule has 1 radical (unpaired) electrons. The molecule has 0 fully saturated rings. The molecule has 1 aromatic rings. The molecule has 0 aliphatic heterocycles. The third-order valence-electron chi connectivity index (χ3n) is 2.06. The second-order valence-electron chi connectivity index (χ2n) is 4.25. The zero-order valence-electron chi connectivity index (χ0n) is 8.76. The quantitative estimate of drug-likeness (QED) is 0.721. The molecular formula is C11H16AcO. The zero-order chi connectivity index (χ0) is 9.35. The number of hydrogen-bond donors (Lipinski definition) is 1. The van der Waals surface area contributed by atoms with E-state index in [1.54, 1.807) is 6.07 Å². The van der Waals surface area contributed by atoms with E-state index in [-0.39, 0.29) is 49.5 Å². The predicted octanol–water partition coefficient (Wildman–Crippen LogP) is 3.00. The van der Waals surface area contributed by atoms with Gasteiger partial charge in [0.15, 0.2) is 0 Å². The van der Waals surface area contributed by atoms with Gasteiger partial charge in [-0.2, -0.15) is 0 Å². The van der Waals surface area contributed by atoms with Gasteiger partial charge >= 0.3 is 0 Å². The van der Waals surface area contributed by atoms with E-state index in [4.69, 9.17) is 0 Å². The van der Waals surface area contributed by atoms with Gasteiger partial charge in [-0.15, -0.1) is 0 Å². The van der Waals surface area contributed by atoms with Crippen molar-refractivity contribution in [3.05, 3.63) is 29.3 Å². The first kappa shape index (κ1) is 13.5. The van der Waals surface area contributed by atoms with Gasteiger partial charge in [-0.3, -0.25) is 0 Å². The molecule has 0 saturated heterocycles. The summed E-state index contributed by atoms with van der Waals surface area (Å²) in [5.41, 5.74) is 2.37. The van der Waals surface area contributed by atoms with Crippen molar-refractivity contribution in [3.8, 4) is 5.75 Å². The van der Waals surface area contributed by atoms with Crippen molar-refractivity contribution in [3.63, 3.8) is 0 Å². The van der Waals surface area contributed by atoms with E-state index >= 15 is 0 Å². The summed E-state index contributed by atoms with van der Waals surface area (Å²) in [4.78, 5) is 0. The Morgan fingerprint density at radius 3 is 2.08 bits per heavy atom. The van der Waals surface area contributed by atoms with Crippen LogP contribution in [0.3, 0.4) is 0 Å². The molecule has 13 heavy (non-hydrogen) atoms. The topological polar surface area (TPSA) is 20.2 Å². The first-order valence-corrected chi connectivity index (χ1v) is 4.21. The van der Waals surface area contributed by atoms with E-state index < -0.39 is 0 Å². The smallest absolute Gasteiger partial charge is 0.118 e. The fourth-order valence-corrected chi connectivity index (χ4v) is 1.12. The molecule has 0 aromatic heterocycles. The number of aryl methyl sites for hydroxylation is 1. The molecule has 1 aromatic carbocycles. The second kappa shape index (κ2) is 4.80. The molecule has 1 rings (SSSR count). The first-order chi connectivity index (χ1) is 5.41. The molecule has 0 aliphatic rings. The molecule has 0 aliphatic carbocycles. The van der Waals surface area contributed by atoms with Crippen molar-refractivity contribution < 1.29 is 49.2 Å². The molecule has 1 N–H and O–H groups in total. The Morgan fingerprint density at radius 2 is 1.69 bits per heavy atom. The maximum atomic E-state index is 9.31. The normalized spacial score (nSPS) is 10.8. The predicted molar refractivity (Wildman–Crippen MR) is 51.5 cm³/mol. The van der Waals surface area contributed by atoms with Gasteiger partial charge < -0.3 is 5.11 Å². The zero-order valence-corrected chi connectivity index (χ0v) is 13.5. The molecule has 0 amide bonds. The second-order valence-corrected chi connectivity index (χ2v) is 4.25. The van der Waals surface area contributed by atoms with Crippen molar-refractivity contribution in [2.24, 2.45) is 0 Å². The van der Waals surface area contributed by atoms with E-state index in [1.807, 2.05) is 19.1 Å². The van der Waals surface area contributed by atoms with Crippen LogP contribution in [0, 0.1) is 51.0 Å². The van der Waals surface area contributed by atoms with E-state index in [2.05, 4.69) is 20.8 Å². The molecule has 1 nitrogen and oxygen atoms in total. The Morgan fingerprint density at radius 1 is 1.15 bits per heavy atom. The largest absolute Gasteiger partial charge is 0.508 e. The number of hydrogen-bond acceptors (Lipinski definition) is 1. The van der Waals surface area contributed by atoms with Crippen LogP contribution in [0.15, 0.2) is 18.2 Å². The monoisotopic (exact) mass is 391 g/mol. The number of phenols is 1. The summed E-state index contributed by atoms with van der Waals surface area (Å²) in [6.07, 6.45) is 0. The Kier molecular flexibility index (Phi) is 4.97. The summed E-state index contributed by atoms with van der Waals surface area (Å²) >= 11 is 0. The van der Waals surface area contributed by atoms with Gasteiger partial charge in [-0.1, -0.05) is 32.9 Å². The van der Waals surface area contributed by atoms with Gasteiger partial charge in [0, 0.05) is 44.1 Å². The summed E-state index contributed by atoms with van der Waals surface area (Å²) in [6, 6.07) is 5.77. The standard InChI is InChI=1S/C11H16O.Ac/c1-8-7-9(11(2,3)4)5-6-10(8)12;/h5-7,12H,1-4H3;. The Bertz CT molecular complexity index is 287. The van der Waals surface area contributed by atoms with Gasteiger partial charge in [-0.25, -0.2) is 0 Å². The van der Waals surface area contributed by atoms with Crippen LogP contribution in [-0.2, 0) is 5.41 Å². The molecule has 0 saturated carbocycles. The van der Waals surface area contributed by atoms with E-state index in [9.17, 15) is 5.11 Å². The molecular weight excluding hydrogens is 375 g/mol. The average molecular weight is 391 g/mol. The number of aromatic hydroxyl groups is 1. The summed E-state index contributed by atoms with van der Waals surface area (Å²) in [5.74, 6) is 0.378. The van der Waals surface area contributed by atoms with Crippen LogP contribution in [-0.4, -0.2) is 5.11 Å². The van der Waals surface area contributed by atoms with Gasteiger partial charge in [0.05, 0.1) is 0 Å². The number of phenolic OH excluding ortho intramolecular Hbond substituents is 1. The van der Waals surface area contributed by atoms with Gasteiger partial charge in [0.25, 0.3) is 0 Å². The molecule has 0 atom stereocenters. The summed E-state index contributed by atoms with van der Waals surface area (Å²) in [6.45, 7) is 8.42. The third-order valence-corrected chi connectivity index (χ3v) is 2.06. The van der Waals surface area contributed by atoms with Crippen LogP contribution in [0.4, 0.5) is 0 Å². The van der Waals surface area contributed by atoms with Gasteiger partial charge in [-0.05, 0) is 29.5 Å².